The third-order valence-electron chi connectivity index (χ3n) is 6.23. The maximum atomic E-state index is 12.9. The molecule has 178 valence electrons. The number of quaternary nitrogens is 1. The smallest absolute Gasteiger partial charge is 0.410 e. The van der Waals surface area contributed by atoms with Crippen molar-refractivity contribution in [2.75, 3.05) is 47.4 Å². The average molecular weight is 475 g/mol. The SMILES string of the molecule is C[N+](C)(C)CCO[C@H]1C[C@H](C(=O)O)N(C(=O)OCC2c3ccccc3-c3ccccc32)C1.[Cl-]. The van der Waals surface area contributed by atoms with Crippen molar-refractivity contribution in [3.63, 3.8) is 0 Å². The van der Waals surface area contributed by atoms with Crippen molar-refractivity contribution in [3.05, 3.63) is 59.7 Å². The number of carboxylic acid groups (broad SMARTS) is 1. The highest BCUT2D eigenvalue weighted by Crippen LogP contribution is 2.44. The molecule has 1 aliphatic carbocycles. The quantitative estimate of drug-likeness (QED) is 0.580. The normalized spacial score (nSPS) is 19.5. The molecule has 1 N–H and O–H groups in total. The van der Waals surface area contributed by atoms with E-state index < -0.39 is 18.1 Å². The lowest BCUT2D eigenvalue weighted by molar-refractivity contribution is -0.870. The van der Waals surface area contributed by atoms with E-state index in [2.05, 4.69) is 45.4 Å². The fourth-order valence-corrected chi connectivity index (χ4v) is 4.52. The van der Waals surface area contributed by atoms with E-state index in [4.69, 9.17) is 9.47 Å². The van der Waals surface area contributed by atoms with Crippen molar-refractivity contribution in [1.82, 2.24) is 4.90 Å². The molecule has 1 aliphatic heterocycles. The van der Waals surface area contributed by atoms with E-state index >= 15 is 0 Å². The predicted octanol–water partition coefficient (Wildman–Crippen LogP) is 0.190. The van der Waals surface area contributed by atoms with Gasteiger partial charge in [-0.3, -0.25) is 4.90 Å². The lowest BCUT2D eigenvalue weighted by Crippen LogP contribution is -3.00. The first kappa shape index (κ1) is 25.0. The summed E-state index contributed by atoms with van der Waals surface area (Å²) in [4.78, 5) is 26.0. The Balaban J connectivity index is 0.00000306. The van der Waals surface area contributed by atoms with Crippen molar-refractivity contribution in [3.8, 4) is 11.1 Å². The second kappa shape index (κ2) is 10.1. The number of hydrogen-bond donors (Lipinski definition) is 1. The zero-order valence-corrected chi connectivity index (χ0v) is 20.0. The molecule has 1 heterocycles. The number of likely N-dealkylation sites (N-methyl/N-ethyl adjacent to an activating group) is 1. The molecule has 1 saturated heterocycles. The van der Waals surface area contributed by atoms with Gasteiger partial charge < -0.3 is 31.5 Å². The van der Waals surface area contributed by atoms with Crippen molar-refractivity contribution in [2.24, 2.45) is 0 Å². The largest absolute Gasteiger partial charge is 1.00 e. The molecule has 7 nitrogen and oxygen atoms in total. The van der Waals surface area contributed by atoms with Crippen molar-refractivity contribution >= 4 is 12.1 Å². The summed E-state index contributed by atoms with van der Waals surface area (Å²) in [5, 5.41) is 9.64. The number of ether oxygens (including phenoxy) is 2. The van der Waals surface area contributed by atoms with E-state index in [1.54, 1.807) is 0 Å². The molecule has 1 amide bonds. The zero-order valence-electron chi connectivity index (χ0n) is 19.2. The summed E-state index contributed by atoms with van der Waals surface area (Å²) < 4.78 is 12.3. The second-order valence-corrected chi connectivity index (χ2v) is 9.55. The standard InChI is InChI=1S/C25H30N2O5.ClH/c1-27(2,3)12-13-31-17-14-23(24(28)29)26(15-17)25(30)32-16-22-20-10-6-4-8-18(20)19-9-5-7-11-21(19)22;/h4-11,17,22-23H,12-16H2,1-3H3;1H/t17-,23+;/m0./s1. The number of rotatable bonds is 7. The monoisotopic (exact) mass is 474 g/mol. The Hall–Kier alpha value is -2.61. The Bertz CT molecular complexity index is 961. The lowest BCUT2D eigenvalue weighted by atomic mass is 9.98. The molecular formula is C25H31ClN2O5. The van der Waals surface area contributed by atoms with E-state index in [9.17, 15) is 14.7 Å². The Kier molecular flexibility index (Phi) is 7.67. The van der Waals surface area contributed by atoms with Crippen LogP contribution in [0.5, 0.6) is 0 Å². The molecule has 2 aromatic carbocycles. The molecule has 2 aromatic rings. The highest BCUT2D eigenvalue weighted by Gasteiger charge is 2.41. The minimum Gasteiger partial charge on any atom is -1.00 e. The average Bonchev–Trinajstić information content (AvgIpc) is 3.31. The van der Waals surface area contributed by atoms with Gasteiger partial charge in [-0.15, -0.1) is 0 Å². The number of hydrogen-bond acceptors (Lipinski definition) is 4. The maximum absolute atomic E-state index is 12.9. The predicted molar refractivity (Wildman–Crippen MR) is 120 cm³/mol. The van der Waals surface area contributed by atoms with Crippen LogP contribution in [-0.4, -0.2) is 86.1 Å². The number of carbonyl (C=O) groups is 2. The van der Waals surface area contributed by atoms with E-state index in [1.165, 1.54) is 4.90 Å². The van der Waals surface area contributed by atoms with Gasteiger partial charge in [0.05, 0.1) is 40.4 Å². The number of benzene rings is 2. The maximum Gasteiger partial charge on any atom is 0.410 e. The van der Waals surface area contributed by atoms with Gasteiger partial charge in [-0.05, 0) is 22.3 Å². The molecule has 2 aliphatic rings. The third kappa shape index (κ3) is 5.49. The van der Waals surface area contributed by atoms with Crippen LogP contribution in [0.1, 0.15) is 23.5 Å². The molecule has 0 bridgehead atoms. The molecule has 2 atom stereocenters. The van der Waals surface area contributed by atoms with Crippen molar-refractivity contribution < 1.29 is 41.1 Å². The Labute approximate surface area is 200 Å². The summed E-state index contributed by atoms with van der Waals surface area (Å²) in [6.45, 7) is 1.71. The van der Waals surface area contributed by atoms with Crippen LogP contribution in [0.15, 0.2) is 48.5 Å². The van der Waals surface area contributed by atoms with E-state index in [0.717, 1.165) is 33.3 Å². The van der Waals surface area contributed by atoms with Crippen molar-refractivity contribution in [2.45, 2.75) is 24.5 Å². The summed E-state index contributed by atoms with van der Waals surface area (Å²) in [6.07, 6.45) is -0.628. The summed E-state index contributed by atoms with van der Waals surface area (Å²) in [6, 6.07) is 15.3. The number of carboxylic acids is 1. The third-order valence-corrected chi connectivity index (χ3v) is 6.23. The topological polar surface area (TPSA) is 76.1 Å². The molecule has 0 unspecified atom stereocenters. The fourth-order valence-electron chi connectivity index (χ4n) is 4.52. The van der Waals surface area contributed by atoms with Gasteiger partial charge >= 0.3 is 12.1 Å². The molecule has 0 spiro atoms. The van der Waals surface area contributed by atoms with Gasteiger partial charge in [0.1, 0.15) is 19.2 Å². The Morgan fingerprint density at radius 2 is 1.61 bits per heavy atom. The number of fused-ring (bicyclic) bond motifs is 3. The Morgan fingerprint density at radius 1 is 1.03 bits per heavy atom. The van der Waals surface area contributed by atoms with Gasteiger partial charge in [-0.1, -0.05) is 48.5 Å². The van der Waals surface area contributed by atoms with Crippen LogP contribution in [0.25, 0.3) is 11.1 Å². The minimum absolute atomic E-state index is 0. The van der Waals surface area contributed by atoms with Crippen LogP contribution < -0.4 is 12.4 Å². The molecule has 33 heavy (non-hydrogen) atoms. The molecule has 1 fully saturated rings. The molecule has 0 saturated carbocycles. The summed E-state index contributed by atoms with van der Waals surface area (Å²) in [7, 11) is 6.21. The van der Waals surface area contributed by atoms with Crippen LogP contribution in [0.3, 0.4) is 0 Å². The number of halogens is 1. The highest BCUT2D eigenvalue weighted by atomic mass is 35.5. The van der Waals surface area contributed by atoms with Crippen LogP contribution in [-0.2, 0) is 14.3 Å². The van der Waals surface area contributed by atoms with E-state index in [0.29, 0.717) is 6.61 Å². The number of carbonyl (C=O) groups excluding carboxylic acids is 1. The lowest BCUT2D eigenvalue weighted by Gasteiger charge is -2.24. The van der Waals surface area contributed by atoms with Gasteiger partial charge in [0.25, 0.3) is 0 Å². The molecule has 0 radical (unpaired) electrons. The van der Waals surface area contributed by atoms with Crippen LogP contribution >= 0.6 is 0 Å². The van der Waals surface area contributed by atoms with Gasteiger partial charge in [-0.25, -0.2) is 9.59 Å². The summed E-state index contributed by atoms with van der Waals surface area (Å²) in [5.41, 5.74) is 4.55. The van der Waals surface area contributed by atoms with Gasteiger partial charge in [0.15, 0.2) is 0 Å². The number of likely N-dealkylation sites (tertiary alicyclic amines) is 1. The van der Waals surface area contributed by atoms with Gasteiger partial charge in [-0.2, -0.15) is 0 Å². The Morgan fingerprint density at radius 3 is 2.15 bits per heavy atom. The van der Waals surface area contributed by atoms with E-state index in [-0.39, 0.29) is 44.0 Å². The van der Waals surface area contributed by atoms with Crippen molar-refractivity contribution in [1.29, 1.82) is 0 Å². The van der Waals surface area contributed by atoms with Gasteiger partial charge in [0, 0.05) is 12.3 Å². The summed E-state index contributed by atoms with van der Waals surface area (Å²) in [5.74, 6) is -1.09. The minimum atomic E-state index is -1.03. The van der Waals surface area contributed by atoms with Crippen LogP contribution in [0, 0.1) is 0 Å². The first-order valence-corrected chi connectivity index (χ1v) is 11.0. The second-order valence-electron chi connectivity index (χ2n) is 9.55. The zero-order chi connectivity index (χ0) is 22.9. The van der Waals surface area contributed by atoms with Crippen LogP contribution in [0.4, 0.5) is 4.79 Å². The van der Waals surface area contributed by atoms with E-state index in [1.807, 2.05) is 24.3 Å². The molecule has 4 rings (SSSR count). The summed E-state index contributed by atoms with van der Waals surface area (Å²) >= 11 is 0. The van der Waals surface area contributed by atoms with Crippen LogP contribution in [0.2, 0.25) is 0 Å². The molecule has 8 heteroatoms. The van der Waals surface area contributed by atoms with Gasteiger partial charge in [0.2, 0.25) is 0 Å². The first-order valence-electron chi connectivity index (χ1n) is 11.0. The fraction of sp³-hybridized carbons (Fsp3) is 0.440. The number of nitrogens with zero attached hydrogens (tertiary/aromatic N) is 2. The highest BCUT2D eigenvalue weighted by molar-refractivity contribution is 5.81. The number of amides is 1. The molecule has 0 aromatic heterocycles. The first-order chi connectivity index (χ1) is 15.2. The molecular weight excluding hydrogens is 444 g/mol. The number of aliphatic carboxylic acids is 1.